The second kappa shape index (κ2) is 6.73. The number of rotatable bonds is 0. The normalized spacial score (nSPS) is 23.8. The minimum Gasteiger partial charge on any atom is -0.475 e. The summed E-state index contributed by atoms with van der Waals surface area (Å²) in [4.78, 5) is 11.5. The van der Waals surface area contributed by atoms with Crippen molar-refractivity contribution < 1.29 is 28.2 Å². The van der Waals surface area contributed by atoms with E-state index in [1.165, 1.54) is 0 Å². The average Bonchev–Trinajstić information content (AvgIpc) is 2.52. The molecule has 1 aliphatic rings. The Hall–Kier alpha value is -0.780. The van der Waals surface area contributed by atoms with E-state index in [1.54, 1.807) is 0 Å². The first kappa shape index (κ1) is 15.2. The van der Waals surface area contributed by atoms with Gasteiger partial charge in [-0.25, -0.2) is 4.79 Å². The number of β-amino-alcohol motifs (C(OH)–C–C–N with tert-alkyl or cyclic N) is 1. The zero-order chi connectivity index (χ0) is 12.8. The molecule has 0 aromatic carbocycles. The van der Waals surface area contributed by atoms with Crippen LogP contribution in [0.15, 0.2) is 0 Å². The van der Waals surface area contributed by atoms with Crippen LogP contribution in [0.4, 0.5) is 13.2 Å². The van der Waals surface area contributed by atoms with E-state index in [1.807, 2.05) is 0 Å². The van der Waals surface area contributed by atoms with Gasteiger partial charge in [-0.05, 0) is 4.83 Å². The summed E-state index contributed by atoms with van der Waals surface area (Å²) in [5.74, 6) is 0.207. The van der Waals surface area contributed by atoms with Crippen LogP contribution in [0.1, 0.15) is 0 Å². The molecule has 4 nitrogen and oxygen atoms in total. The minimum absolute atomic E-state index is 0.115. The maximum absolute atomic E-state index is 10.6. The molecule has 2 unspecified atom stereocenters. The fourth-order valence-electron chi connectivity index (χ4n) is 0.882. The molecule has 1 saturated heterocycles. The molecule has 0 saturated carbocycles. The van der Waals surface area contributed by atoms with Gasteiger partial charge in [0.15, 0.2) is 0 Å². The Bertz CT molecular complexity index is 297. The number of nitrogens with one attached hydrogen (secondary N) is 1. The van der Waals surface area contributed by atoms with E-state index in [2.05, 4.69) is 32.0 Å². The van der Waals surface area contributed by atoms with Crippen LogP contribution < -0.4 is 5.32 Å². The molecule has 1 aliphatic heterocycles. The van der Waals surface area contributed by atoms with Crippen molar-refractivity contribution in [3.63, 3.8) is 0 Å². The third kappa shape index (κ3) is 5.95. The Labute approximate surface area is 98.0 Å². The van der Waals surface area contributed by atoms with E-state index in [0.29, 0.717) is 6.54 Å². The van der Waals surface area contributed by atoms with E-state index in [4.69, 9.17) is 15.0 Å². The zero-order valence-corrected chi connectivity index (χ0v) is 9.47. The average molecular weight is 304 g/mol. The molecule has 1 heterocycles. The summed E-state index contributed by atoms with van der Waals surface area (Å²) < 4.78 is 31.7. The highest BCUT2D eigenvalue weighted by molar-refractivity contribution is 9.12. The fourth-order valence-corrected chi connectivity index (χ4v) is 1.18. The van der Waals surface area contributed by atoms with Gasteiger partial charge in [-0.1, -0.05) is 5.92 Å². The highest BCUT2D eigenvalue weighted by Gasteiger charge is 2.38. The van der Waals surface area contributed by atoms with Crippen molar-refractivity contribution in [3.8, 4) is 10.8 Å². The summed E-state index contributed by atoms with van der Waals surface area (Å²) in [6, 6.07) is 0. The standard InChI is InChI=1S/C6H8BrNO.C2HF3O2/c7-2-1-5-3-8-4-6(5)9;3-2(4,5)1(6)7/h5-6,8-9H,3-4H2;(H,6,7). The number of hydrogen-bond donors (Lipinski definition) is 3. The molecule has 0 radical (unpaired) electrons. The summed E-state index contributed by atoms with van der Waals surface area (Å²) in [5, 5.41) is 19.3. The molecule has 0 aliphatic carbocycles. The Balaban J connectivity index is 0.000000293. The minimum atomic E-state index is -5.08. The summed E-state index contributed by atoms with van der Waals surface area (Å²) in [7, 11) is 0. The number of aliphatic carboxylic acids is 1. The maximum Gasteiger partial charge on any atom is 0.490 e. The van der Waals surface area contributed by atoms with Gasteiger partial charge in [0.2, 0.25) is 0 Å². The van der Waals surface area contributed by atoms with E-state index < -0.39 is 12.1 Å². The smallest absolute Gasteiger partial charge is 0.475 e. The van der Waals surface area contributed by atoms with Crippen molar-refractivity contribution in [1.29, 1.82) is 0 Å². The van der Waals surface area contributed by atoms with Crippen LogP contribution >= 0.6 is 15.9 Å². The SMILES string of the molecule is O=C(O)C(F)(F)F.OC1CNCC1C#CBr. The fraction of sp³-hybridized carbons (Fsp3) is 0.625. The number of alkyl halides is 3. The van der Waals surface area contributed by atoms with Gasteiger partial charge in [0, 0.05) is 29.0 Å². The van der Waals surface area contributed by atoms with E-state index >= 15 is 0 Å². The van der Waals surface area contributed by atoms with Crippen molar-refractivity contribution in [2.24, 2.45) is 5.92 Å². The van der Waals surface area contributed by atoms with Gasteiger partial charge in [-0.2, -0.15) is 13.2 Å². The van der Waals surface area contributed by atoms with Gasteiger partial charge in [0.1, 0.15) is 0 Å². The molecule has 1 rings (SSSR count). The second-order valence-corrected chi connectivity index (χ2v) is 3.27. The van der Waals surface area contributed by atoms with Crippen LogP contribution in [0.5, 0.6) is 0 Å². The van der Waals surface area contributed by atoms with Gasteiger partial charge in [-0.3, -0.25) is 0 Å². The largest absolute Gasteiger partial charge is 0.490 e. The predicted octanol–water partition coefficient (Wildman–Crippen LogP) is 0.556. The molecule has 1 fully saturated rings. The maximum atomic E-state index is 10.6. The van der Waals surface area contributed by atoms with Crippen LogP contribution in [0.3, 0.4) is 0 Å². The van der Waals surface area contributed by atoms with Gasteiger partial charge >= 0.3 is 12.1 Å². The van der Waals surface area contributed by atoms with Crippen LogP contribution in [-0.4, -0.2) is 41.6 Å². The highest BCUT2D eigenvalue weighted by Crippen LogP contribution is 2.13. The number of aliphatic hydroxyl groups is 1. The lowest BCUT2D eigenvalue weighted by Gasteiger charge is -2.02. The monoisotopic (exact) mass is 303 g/mol. The molecule has 0 amide bonds. The Morgan fingerprint density at radius 2 is 1.94 bits per heavy atom. The third-order valence-electron chi connectivity index (χ3n) is 1.66. The molecular formula is C8H9BrF3NO3. The number of aliphatic hydroxyl groups excluding tert-OH is 1. The summed E-state index contributed by atoms with van der Waals surface area (Å²) in [5.41, 5.74) is 0. The molecular weight excluding hydrogens is 295 g/mol. The van der Waals surface area contributed by atoms with Crippen LogP contribution in [0, 0.1) is 16.7 Å². The Morgan fingerprint density at radius 3 is 2.19 bits per heavy atom. The molecule has 2 atom stereocenters. The second-order valence-electron chi connectivity index (χ2n) is 2.87. The van der Waals surface area contributed by atoms with Crippen LogP contribution in [0.2, 0.25) is 0 Å². The Kier molecular flexibility index (Phi) is 6.40. The van der Waals surface area contributed by atoms with Crippen LogP contribution in [-0.2, 0) is 4.79 Å². The summed E-state index contributed by atoms with van der Waals surface area (Å²) in [6.07, 6.45) is -5.37. The topological polar surface area (TPSA) is 69.6 Å². The van der Waals surface area contributed by atoms with E-state index in [-0.39, 0.29) is 12.0 Å². The highest BCUT2D eigenvalue weighted by atomic mass is 79.9. The lowest BCUT2D eigenvalue weighted by molar-refractivity contribution is -0.192. The Morgan fingerprint density at radius 1 is 1.44 bits per heavy atom. The van der Waals surface area contributed by atoms with Crippen molar-refractivity contribution in [2.45, 2.75) is 12.3 Å². The number of carbonyl (C=O) groups is 1. The van der Waals surface area contributed by atoms with Gasteiger partial charge in [0.25, 0.3) is 0 Å². The third-order valence-corrected chi connectivity index (χ3v) is 1.89. The number of halogens is 4. The predicted molar refractivity (Wildman–Crippen MR) is 52.8 cm³/mol. The van der Waals surface area contributed by atoms with E-state index in [0.717, 1.165) is 6.54 Å². The first-order chi connectivity index (χ1) is 7.29. The van der Waals surface area contributed by atoms with Crippen molar-refractivity contribution in [2.75, 3.05) is 13.1 Å². The zero-order valence-electron chi connectivity index (χ0n) is 7.88. The summed E-state index contributed by atoms with van der Waals surface area (Å²) in [6.45, 7) is 1.48. The molecule has 0 aromatic heterocycles. The van der Waals surface area contributed by atoms with Gasteiger partial charge in [0.05, 0.1) is 12.0 Å². The number of carboxylic acid groups (broad SMARTS) is 1. The summed E-state index contributed by atoms with van der Waals surface area (Å²) >= 11 is 2.99. The lowest BCUT2D eigenvalue weighted by Crippen LogP contribution is -2.21. The number of carboxylic acids is 1. The molecule has 92 valence electrons. The first-order valence-electron chi connectivity index (χ1n) is 4.09. The molecule has 8 heteroatoms. The van der Waals surface area contributed by atoms with Crippen LogP contribution in [0.25, 0.3) is 0 Å². The van der Waals surface area contributed by atoms with Crippen molar-refractivity contribution in [1.82, 2.24) is 5.32 Å². The van der Waals surface area contributed by atoms with Crippen molar-refractivity contribution in [3.05, 3.63) is 0 Å². The van der Waals surface area contributed by atoms with Crippen molar-refractivity contribution >= 4 is 21.9 Å². The number of hydrogen-bond acceptors (Lipinski definition) is 3. The quantitative estimate of drug-likeness (QED) is 0.572. The molecule has 0 spiro atoms. The molecule has 0 aromatic rings. The lowest BCUT2D eigenvalue weighted by atomic mass is 10.1. The van der Waals surface area contributed by atoms with Gasteiger partial charge < -0.3 is 15.5 Å². The molecule has 0 bridgehead atoms. The van der Waals surface area contributed by atoms with Gasteiger partial charge in [-0.15, -0.1) is 0 Å². The molecule has 16 heavy (non-hydrogen) atoms. The first-order valence-corrected chi connectivity index (χ1v) is 4.88. The molecule has 3 N–H and O–H groups in total. The van der Waals surface area contributed by atoms with E-state index in [9.17, 15) is 13.2 Å².